The Bertz CT molecular complexity index is 195. The fourth-order valence-corrected chi connectivity index (χ4v) is 0.920. The van der Waals surface area contributed by atoms with E-state index in [2.05, 4.69) is 0 Å². The van der Waals surface area contributed by atoms with E-state index in [1.165, 1.54) is 0 Å². The van der Waals surface area contributed by atoms with Gasteiger partial charge in [-0.25, -0.2) is 0 Å². The molecule has 0 radical (unpaired) electrons. The molecule has 12 heavy (non-hydrogen) atoms. The molecule has 8 heteroatoms. The molecule has 0 aromatic heterocycles. The van der Waals surface area contributed by atoms with Crippen LogP contribution in [0.1, 0.15) is 1.43 Å². The van der Waals surface area contributed by atoms with Crippen molar-refractivity contribution >= 4 is 10.1 Å². The summed E-state index contributed by atoms with van der Waals surface area (Å²) in [6, 6.07) is 0. The van der Waals surface area contributed by atoms with Crippen LogP contribution in [0.25, 0.3) is 0 Å². The van der Waals surface area contributed by atoms with Gasteiger partial charge >= 0.3 is 29.6 Å². The summed E-state index contributed by atoms with van der Waals surface area (Å²) in [5.41, 5.74) is 0. The number of aliphatic hydroxyl groups is 2. The van der Waals surface area contributed by atoms with E-state index >= 15 is 0 Å². The van der Waals surface area contributed by atoms with Crippen molar-refractivity contribution in [2.45, 2.75) is 0 Å². The SMILES string of the molecule is O=S(=O)(O)CCN(CO)CO.[H-].[Na+]. The topological polar surface area (TPSA) is 98.1 Å². The van der Waals surface area contributed by atoms with Gasteiger partial charge in [-0.2, -0.15) is 8.42 Å². The largest absolute Gasteiger partial charge is 1.00 e. The van der Waals surface area contributed by atoms with Gasteiger partial charge < -0.3 is 11.6 Å². The van der Waals surface area contributed by atoms with Crippen LogP contribution < -0.4 is 29.6 Å². The predicted octanol–water partition coefficient (Wildman–Crippen LogP) is -4.81. The normalized spacial score (nSPS) is 11.3. The third-order valence-corrected chi connectivity index (χ3v) is 1.76. The van der Waals surface area contributed by atoms with E-state index in [4.69, 9.17) is 14.8 Å². The van der Waals surface area contributed by atoms with Crippen LogP contribution in [0, 0.1) is 0 Å². The van der Waals surface area contributed by atoms with Crippen LogP contribution in [0.4, 0.5) is 0 Å². The van der Waals surface area contributed by atoms with Crippen LogP contribution in [-0.4, -0.2) is 53.8 Å². The maximum atomic E-state index is 10.1. The summed E-state index contributed by atoms with van der Waals surface area (Å²) < 4.78 is 28.5. The zero-order valence-corrected chi connectivity index (χ0v) is 9.66. The average molecular weight is 209 g/mol. The van der Waals surface area contributed by atoms with Crippen molar-refractivity contribution in [3.63, 3.8) is 0 Å². The molecule has 0 aliphatic rings. The van der Waals surface area contributed by atoms with Gasteiger partial charge in [-0.1, -0.05) is 0 Å². The fourth-order valence-electron chi connectivity index (χ4n) is 0.431. The van der Waals surface area contributed by atoms with E-state index in [1.54, 1.807) is 0 Å². The average Bonchev–Trinajstić information content (AvgIpc) is 1.88. The van der Waals surface area contributed by atoms with E-state index in [-0.39, 0.29) is 37.5 Å². The van der Waals surface area contributed by atoms with Gasteiger partial charge in [0.15, 0.2) is 0 Å². The van der Waals surface area contributed by atoms with Crippen molar-refractivity contribution in [2.75, 3.05) is 25.8 Å². The number of aliphatic hydroxyl groups excluding tert-OH is 2. The molecule has 6 nitrogen and oxygen atoms in total. The molecule has 0 aliphatic heterocycles. The molecular formula is C4H12NNaO5S. The molecule has 0 aromatic rings. The number of nitrogens with zero attached hydrogens (tertiary/aromatic N) is 1. The fraction of sp³-hybridized carbons (Fsp3) is 1.00. The Morgan fingerprint density at radius 3 is 1.92 bits per heavy atom. The minimum Gasteiger partial charge on any atom is -1.00 e. The van der Waals surface area contributed by atoms with E-state index in [0.717, 1.165) is 4.90 Å². The summed E-state index contributed by atoms with van der Waals surface area (Å²) in [5, 5.41) is 16.8. The van der Waals surface area contributed by atoms with E-state index in [1.807, 2.05) is 0 Å². The first kappa shape index (κ1) is 15.3. The molecule has 0 unspecified atom stereocenters. The van der Waals surface area contributed by atoms with Crippen molar-refractivity contribution in [3.05, 3.63) is 0 Å². The Morgan fingerprint density at radius 1 is 1.25 bits per heavy atom. The van der Waals surface area contributed by atoms with Crippen molar-refractivity contribution in [1.29, 1.82) is 0 Å². The third kappa shape index (κ3) is 8.88. The van der Waals surface area contributed by atoms with Crippen LogP contribution in [-0.2, 0) is 10.1 Å². The Kier molecular flexibility index (Phi) is 9.19. The molecule has 0 saturated heterocycles. The van der Waals surface area contributed by atoms with Gasteiger partial charge in [0.05, 0.1) is 19.2 Å². The van der Waals surface area contributed by atoms with Gasteiger partial charge in [0.2, 0.25) is 0 Å². The second kappa shape index (κ2) is 7.22. The molecule has 0 heterocycles. The molecule has 0 rings (SSSR count). The molecule has 0 atom stereocenters. The van der Waals surface area contributed by atoms with Crippen molar-refractivity contribution < 1.29 is 54.2 Å². The monoisotopic (exact) mass is 209 g/mol. The number of hydrogen-bond acceptors (Lipinski definition) is 5. The van der Waals surface area contributed by atoms with Gasteiger partial charge in [-0.05, 0) is 0 Å². The van der Waals surface area contributed by atoms with Gasteiger partial charge in [0.1, 0.15) is 0 Å². The first-order valence-corrected chi connectivity index (χ1v) is 4.49. The Balaban J connectivity index is -0.000000500. The predicted molar refractivity (Wildman–Crippen MR) is 38.4 cm³/mol. The first-order chi connectivity index (χ1) is 4.99. The molecule has 0 aromatic carbocycles. The van der Waals surface area contributed by atoms with Gasteiger partial charge in [0.25, 0.3) is 10.1 Å². The van der Waals surface area contributed by atoms with Crippen LogP contribution in [0.3, 0.4) is 0 Å². The van der Waals surface area contributed by atoms with Crippen LogP contribution >= 0.6 is 0 Å². The van der Waals surface area contributed by atoms with Gasteiger partial charge in [-0.3, -0.25) is 9.45 Å². The maximum absolute atomic E-state index is 10.1. The van der Waals surface area contributed by atoms with E-state index in [9.17, 15) is 8.42 Å². The zero-order chi connectivity index (χ0) is 8.91. The molecular weight excluding hydrogens is 197 g/mol. The summed E-state index contributed by atoms with van der Waals surface area (Å²) in [4.78, 5) is 1.05. The molecule has 0 amide bonds. The van der Waals surface area contributed by atoms with Gasteiger partial charge in [0, 0.05) is 6.54 Å². The summed E-state index contributed by atoms with van der Waals surface area (Å²) in [5.74, 6) is -0.492. The van der Waals surface area contributed by atoms with E-state index in [0.29, 0.717) is 0 Å². The third-order valence-electron chi connectivity index (χ3n) is 1.07. The number of hydrogen-bond donors (Lipinski definition) is 3. The number of rotatable bonds is 5. The summed E-state index contributed by atoms with van der Waals surface area (Å²) in [6.45, 7) is -0.968. The van der Waals surface area contributed by atoms with Crippen LogP contribution in [0.15, 0.2) is 0 Å². The van der Waals surface area contributed by atoms with Crippen molar-refractivity contribution in [1.82, 2.24) is 4.90 Å². The molecule has 3 N–H and O–H groups in total. The maximum Gasteiger partial charge on any atom is 1.00 e. The molecule has 0 saturated carbocycles. The minimum atomic E-state index is -4.00. The summed E-state index contributed by atoms with van der Waals surface area (Å²) in [6.07, 6.45) is 0. The van der Waals surface area contributed by atoms with Crippen molar-refractivity contribution in [2.24, 2.45) is 0 Å². The second-order valence-electron chi connectivity index (χ2n) is 1.96. The Hall–Kier alpha value is 0.790. The molecule has 0 fully saturated rings. The molecule has 0 spiro atoms. The first-order valence-electron chi connectivity index (χ1n) is 2.89. The van der Waals surface area contributed by atoms with Crippen LogP contribution in [0.2, 0.25) is 0 Å². The quantitative estimate of drug-likeness (QED) is 0.239. The molecule has 70 valence electrons. The zero-order valence-electron chi connectivity index (χ0n) is 7.84. The summed E-state index contributed by atoms with van der Waals surface area (Å²) in [7, 11) is -4.00. The minimum absolute atomic E-state index is 0. The van der Waals surface area contributed by atoms with Gasteiger partial charge in [-0.15, -0.1) is 0 Å². The van der Waals surface area contributed by atoms with Crippen LogP contribution in [0.5, 0.6) is 0 Å². The smallest absolute Gasteiger partial charge is 1.00 e. The standard InChI is InChI=1S/C4H11NO5S.Na.H/c6-3-5(4-7)1-2-11(8,9)10;;/h6-7H,1-4H2,(H,8,9,10);;/q;+1;-1. The molecule has 0 aliphatic carbocycles. The summed E-state index contributed by atoms with van der Waals surface area (Å²) >= 11 is 0. The second-order valence-corrected chi connectivity index (χ2v) is 3.54. The Morgan fingerprint density at radius 2 is 1.67 bits per heavy atom. The molecule has 0 bridgehead atoms. The van der Waals surface area contributed by atoms with E-state index < -0.39 is 29.3 Å². The van der Waals surface area contributed by atoms with Crippen molar-refractivity contribution in [3.8, 4) is 0 Å². The Labute approximate surface area is 94.7 Å².